The van der Waals surface area contributed by atoms with Crippen LogP contribution in [-0.2, 0) is 0 Å². The van der Waals surface area contributed by atoms with Gasteiger partial charge >= 0.3 is 0 Å². The van der Waals surface area contributed by atoms with Crippen molar-refractivity contribution in [3.05, 3.63) is 42.5 Å². The lowest BCUT2D eigenvalue weighted by atomic mass is 9.92. The molecule has 4 aromatic rings. The molecule has 2 aliphatic rings. The molecule has 2 fully saturated rings. The maximum absolute atomic E-state index is 9.17. The maximum Gasteiger partial charge on any atom is 0.164 e. The van der Waals surface area contributed by atoms with Gasteiger partial charge in [-0.3, -0.25) is 0 Å². The highest BCUT2D eigenvalue weighted by molar-refractivity contribution is 5.79. The second-order valence-corrected chi connectivity index (χ2v) is 9.67. The first-order valence-electron chi connectivity index (χ1n) is 12.4. The molecule has 0 amide bonds. The number of nitrogens with zero attached hydrogens (tertiary/aromatic N) is 8. The fourth-order valence-electron chi connectivity index (χ4n) is 5.27. The van der Waals surface area contributed by atoms with Crippen molar-refractivity contribution in [3.63, 3.8) is 0 Å². The normalized spacial score (nSPS) is 20.8. The van der Waals surface area contributed by atoms with Crippen LogP contribution in [0.25, 0.3) is 28.1 Å². The van der Waals surface area contributed by atoms with Crippen LogP contribution in [0.5, 0.6) is 0 Å². The van der Waals surface area contributed by atoms with Crippen LogP contribution in [-0.4, -0.2) is 46.8 Å². The van der Waals surface area contributed by atoms with Crippen LogP contribution in [0.1, 0.15) is 63.0 Å². The highest BCUT2D eigenvalue weighted by Crippen LogP contribution is 2.33. The van der Waals surface area contributed by atoms with Crippen LogP contribution in [0, 0.1) is 11.3 Å². The summed E-state index contributed by atoms with van der Waals surface area (Å²) in [5, 5.41) is 27.2. The summed E-state index contributed by atoms with van der Waals surface area (Å²) in [6, 6.07) is 6.98. The lowest BCUT2D eigenvalue weighted by Gasteiger charge is -2.25. The number of pyridine rings is 2. The summed E-state index contributed by atoms with van der Waals surface area (Å²) in [6.45, 7) is 0. The Bertz CT molecular complexity index is 1380. The quantitative estimate of drug-likeness (QED) is 0.452. The molecule has 4 heterocycles. The molecule has 6 rings (SSSR count). The van der Waals surface area contributed by atoms with E-state index in [2.05, 4.69) is 31.8 Å². The van der Waals surface area contributed by atoms with Gasteiger partial charge in [-0.05, 0) is 44.6 Å². The van der Waals surface area contributed by atoms with Gasteiger partial charge in [0.15, 0.2) is 11.5 Å². The maximum atomic E-state index is 9.17. The third-order valence-electron chi connectivity index (χ3n) is 7.26. The number of nitrogens with two attached hydrogens (primary N) is 1. The number of nitriles is 1. The van der Waals surface area contributed by atoms with E-state index in [1.807, 2.05) is 23.1 Å². The van der Waals surface area contributed by atoms with Crippen molar-refractivity contribution in [2.75, 3.05) is 5.32 Å². The van der Waals surface area contributed by atoms with Gasteiger partial charge in [0.25, 0.3) is 0 Å². The molecule has 0 spiro atoms. The molecule has 0 aliphatic heterocycles. The minimum Gasteiger partial charge on any atom is -0.382 e. The number of nitrogens with one attached hydrogen (secondary N) is 1. The molecule has 3 N–H and O–H groups in total. The van der Waals surface area contributed by atoms with Crippen molar-refractivity contribution in [2.45, 2.75) is 69.5 Å². The first kappa shape index (κ1) is 21.7. The summed E-state index contributed by atoms with van der Waals surface area (Å²) >= 11 is 0. The monoisotopic (exact) mass is 468 g/mol. The number of hydrogen-bond acceptors (Lipinski definition) is 8. The molecule has 10 nitrogen and oxygen atoms in total. The molecule has 0 radical (unpaired) electrons. The molecule has 178 valence electrons. The van der Waals surface area contributed by atoms with Gasteiger partial charge < -0.3 is 11.1 Å². The van der Waals surface area contributed by atoms with E-state index >= 15 is 0 Å². The Kier molecular flexibility index (Phi) is 5.62. The van der Waals surface area contributed by atoms with Gasteiger partial charge in [-0.2, -0.15) is 15.0 Å². The highest BCUT2D eigenvalue weighted by Gasteiger charge is 2.23. The lowest BCUT2D eigenvalue weighted by Crippen LogP contribution is -2.28. The summed E-state index contributed by atoms with van der Waals surface area (Å²) in [5.74, 6) is 0.662. The first-order valence-corrected chi connectivity index (χ1v) is 12.4. The van der Waals surface area contributed by atoms with E-state index in [0.717, 1.165) is 60.9 Å². The van der Waals surface area contributed by atoms with Crippen molar-refractivity contribution in [1.29, 1.82) is 5.26 Å². The van der Waals surface area contributed by atoms with E-state index in [4.69, 9.17) is 10.7 Å². The zero-order chi connectivity index (χ0) is 23.8. The topological polar surface area (TPSA) is 136 Å². The van der Waals surface area contributed by atoms with Gasteiger partial charge in [-0.1, -0.05) is 18.1 Å². The van der Waals surface area contributed by atoms with Gasteiger partial charge in [0.1, 0.15) is 11.8 Å². The Labute approximate surface area is 203 Å². The number of hydrogen-bond donors (Lipinski definition) is 2. The Hall–Kier alpha value is -3.84. The van der Waals surface area contributed by atoms with Gasteiger partial charge in [0.05, 0.1) is 24.0 Å². The molecule has 0 saturated heterocycles. The van der Waals surface area contributed by atoms with E-state index < -0.39 is 0 Å². The standard InChI is InChI=1S/C25H28N10/c26-11-16-9-17-13-30-35(25(17)29-12-16)24-10-22(31-19-3-1-2-4-19)21(14-28-24)23-15-34(33-32-23)20-7-5-18(27)6-8-20/h9-10,12-15,18-20H,1-8,27H2,(H,28,31)/t18-,20-. The van der Waals surface area contributed by atoms with E-state index in [1.165, 1.54) is 12.8 Å². The van der Waals surface area contributed by atoms with Crippen LogP contribution < -0.4 is 11.1 Å². The summed E-state index contributed by atoms with van der Waals surface area (Å²) in [5.41, 5.74) is 9.96. The Balaban J connectivity index is 1.36. The number of rotatable bonds is 5. The lowest BCUT2D eigenvalue weighted by molar-refractivity contribution is 0.300. The van der Waals surface area contributed by atoms with E-state index in [0.29, 0.717) is 35.2 Å². The molecular weight excluding hydrogens is 440 g/mol. The fourth-order valence-corrected chi connectivity index (χ4v) is 5.27. The fraction of sp³-hybridized carbons (Fsp3) is 0.440. The minimum absolute atomic E-state index is 0.299. The van der Waals surface area contributed by atoms with E-state index in [9.17, 15) is 5.26 Å². The number of aromatic nitrogens is 7. The van der Waals surface area contributed by atoms with Crippen molar-refractivity contribution in [2.24, 2.45) is 5.73 Å². The molecule has 2 aliphatic carbocycles. The van der Waals surface area contributed by atoms with Crippen LogP contribution in [0.15, 0.2) is 36.9 Å². The van der Waals surface area contributed by atoms with E-state index in [1.54, 1.807) is 23.1 Å². The van der Waals surface area contributed by atoms with Gasteiger partial charge in [-0.15, -0.1) is 5.10 Å². The zero-order valence-electron chi connectivity index (χ0n) is 19.5. The molecule has 0 bridgehead atoms. The first-order chi connectivity index (χ1) is 17.2. The van der Waals surface area contributed by atoms with Crippen LogP contribution >= 0.6 is 0 Å². The smallest absolute Gasteiger partial charge is 0.164 e. The third-order valence-corrected chi connectivity index (χ3v) is 7.26. The molecule has 0 unspecified atom stereocenters. The predicted octanol–water partition coefficient (Wildman–Crippen LogP) is 3.74. The Morgan fingerprint density at radius 1 is 1.00 bits per heavy atom. The summed E-state index contributed by atoms with van der Waals surface area (Å²) in [6.07, 6.45) is 16.0. The molecule has 4 aromatic heterocycles. The zero-order valence-corrected chi connectivity index (χ0v) is 19.5. The Morgan fingerprint density at radius 2 is 1.83 bits per heavy atom. The average molecular weight is 469 g/mol. The second-order valence-electron chi connectivity index (χ2n) is 9.67. The molecule has 2 saturated carbocycles. The molecular formula is C25H28N10. The second kappa shape index (κ2) is 9.07. The summed E-state index contributed by atoms with van der Waals surface area (Å²) in [7, 11) is 0. The number of anilines is 1. The Morgan fingerprint density at radius 3 is 2.63 bits per heavy atom. The molecule has 0 atom stereocenters. The minimum atomic E-state index is 0.299. The largest absolute Gasteiger partial charge is 0.382 e. The van der Waals surface area contributed by atoms with Crippen molar-refractivity contribution in [1.82, 2.24) is 34.7 Å². The van der Waals surface area contributed by atoms with Crippen LogP contribution in [0.2, 0.25) is 0 Å². The van der Waals surface area contributed by atoms with Gasteiger partial charge in [0, 0.05) is 47.2 Å². The summed E-state index contributed by atoms with van der Waals surface area (Å²) < 4.78 is 3.70. The third kappa shape index (κ3) is 4.23. The van der Waals surface area contributed by atoms with Crippen molar-refractivity contribution in [3.8, 4) is 23.1 Å². The molecule has 0 aromatic carbocycles. The van der Waals surface area contributed by atoms with Crippen molar-refractivity contribution >= 4 is 16.7 Å². The average Bonchev–Trinajstić information content (AvgIpc) is 3.65. The van der Waals surface area contributed by atoms with Gasteiger partial charge in [0.2, 0.25) is 0 Å². The summed E-state index contributed by atoms with van der Waals surface area (Å²) in [4.78, 5) is 9.16. The van der Waals surface area contributed by atoms with Crippen LogP contribution in [0.4, 0.5) is 5.69 Å². The van der Waals surface area contributed by atoms with Crippen LogP contribution in [0.3, 0.4) is 0 Å². The van der Waals surface area contributed by atoms with Gasteiger partial charge in [-0.25, -0.2) is 14.6 Å². The molecule has 10 heteroatoms. The SMILES string of the molecule is N#Cc1cnc2c(cnn2-c2cc(NC3CCCC3)c(-c3cn([C@H]4CC[C@H](N)CC4)nn3)cn2)c1. The van der Waals surface area contributed by atoms with E-state index in [-0.39, 0.29) is 0 Å². The predicted molar refractivity (Wildman–Crippen MR) is 132 cm³/mol. The number of fused-ring (bicyclic) bond motifs is 1. The highest BCUT2D eigenvalue weighted by atomic mass is 15.4. The molecule has 35 heavy (non-hydrogen) atoms. The van der Waals surface area contributed by atoms with Crippen molar-refractivity contribution < 1.29 is 0 Å².